The lowest BCUT2D eigenvalue weighted by atomic mass is 10.1. The summed E-state index contributed by atoms with van der Waals surface area (Å²) in [6, 6.07) is 64.0. The van der Waals surface area contributed by atoms with E-state index in [4.69, 9.17) is 19.1 Å². The number of furan rings is 1. The Morgan fingerprint density at radius 2 is 1.30 bits per heavy atom. The molecule has 1 aliphatic rings. The standard InChI is InChI=1S/C49H34N4O2Si/c1-52-40-23-10-9-22-39(40)51-49(52)33-15-14-16-34(31-33)54-35-26-28-44-41(32-35)53(46-25-12-13-30-50-46)48-45(29-27-43-47(48)38-21-8-11-24-42(38)55-43)56(44,36-17-4-2-5-18-36)37-19-6-3-7-20-37/h2-32H,1H3. The Hall–Kier alpha value is -7.22. The molecule has 0 bridgehead atoms. The monoisotopic (exact) mass is 738 g/mol. The Labute approximate surface area is 324 Å². The van der Waals surface area contributed by atoms with Crippen LogP contribution < -0.4 is 30.4 Å². The lowest BCUT2D eigenvalue weighted by Crippen LogP contribution is -2.77. The molecule has 0 amide bonds. The molecule has 3 aromatic heterocycles. The second kappa shape index (κ2) is 12.7. The van der Waals surface area contributed by atoms with Crippen LogP contribution in [0.25, 0.3) is 44.4 Å². The molecule has 0 saturated carbocycles. The molecule has 10 aromatic rings. The van der Waals surface area contributed by atoms with E-state index in [1.807, 2.05) is 48.7 Å². The summed E-state index contributed by atoms with van der Waals surface area (Å²) in [5.74, 6) is 3.16. The molecule has 0 fully saturated rings. The summed E-state index contributed by atoms with van der Waals surface area (Å²) in [6.07, 6.45) is 1.86. The highest BCUT2D eigenvalue weighted by molar-refractivity contribution is 7.21. The summed E-state index contributed by atoms with van der Waals surface area (Å²) in [7, 11) is -0.940. The third kappa shape index (κ3) is 4.81. The predicted molar refractivity (Wildman–Crippen MR) is 230 cm³/mol. The third-order valence-electron chi connectivity index (χ3n) is 11.2. The first-order valence-electron chi connectivity index (χ1n) is 18.8. The number of hydrogen-bond acceptors (Lipinski definition) is 5. The van der Waals surface area contributed by atoms with Gasteiger partial charge in [0.15, 0.2) is 8.07 Å². The zero-order chi connectivity index (χ0) is 37.2. The quantitative estimate of drug-likeness (QED) is 0.159. The number of anilines is 3. The molecule has 0 unspecified atom stereocenters. The molecule has 0 saturated heterocycles. The van der Waals surface area contributed by atoms with Crippen LogP contribution in [0.4, 0.5) is 17.2 Å². The first-order valence-corrected chi connectivity index (χ1v) is 20.8. The summed E-state index contributed by atoms with van der Waals surface area (Å²) >= 11 is 0. The van der Waals surface area contributed by atoms with Crippen molar-refractivity contribution in [3.05, 3.63) is 188 Å². The summed E-state index contributed by atoms with van der Waals surface area (Å²) in [6.45, 7) is 0. The first kappa shape index (κ1) is 32.2. The lowest BCUT2D eigenvalue weighted by molar-refractivity contribution is 0.483. The number of aryl methyl sites for hydroxylation is 1. The number of aromatic nitrogens is 3. The van der Waals surface area contributed by atoms with Gasteiger partial charge in [0.1, 0.15) is 34.3 Å². The highest BCUT2D eigenvalue weighted by Crippen LogP contribution is 2.45. The normalized spacial score (nSPS) is 13.2. The van der Waals surface area contributed by atoms with E-state index in [9.17, 15) is 0 Å². The van der Waals surface area contributed by atoms with Crippen LogP contribution in [0.15, 0.2) is 193 Å². The summed E-state index contributed by atoms with van der Waals surface area (Å²) < 4.78 is 15.5. The topological polar surface area (TPSA) is 56.3 Å². The third-order valence-corrected chi connectivity index (χ3v) is 16.0. The van der Waals surface area contributed by atoms with Gasteiger partial charge < -0.3 is 13.7 Å². The molecule has 7 heteroatoms. The molecule has 0 atom stereocenters. The maximum absolute atomic E-state index is 6.83. The lowest BCUT2D eigenvalue weighted by Gasteiger charge is -2.45. The van der Waals surface area contributed by atoms with Crippen LogP contribution in [0.3, 0.4) is 0 Å². The van der Waals surface area contributed by atoms with E-state index in [1.54, 1.807) is 0 Å². The van der Waals surface area contributed by atoms with Crippen molar-refractivity contribution >= 4 is 79.0 Å². The van der Waals surface area contributed by atoms with Gasteiger partial charge in [-0.25, -0.2) is 9.97 Å². The van der Waals surface area contributed by atoms with Gasteiger partial charge in [-0.1, -0.05) is 121 Å². The molecule has 0 spiro atoms. The number of hydrogen-bond donors (Lipinski definition) is 0. The first-order chi connectivity index (χ1) is 27.7. The van der Waals surface area contributed by atoms with Gasteiger partial charge in [0.05, 0.1) is 27.8 Å². The Morgan fingerprint density at radius 1 is 0.589 bits per heavy atom. The molecular formula is C49H34N4O2Si. The van der Waals surface area contributed by atoms with Gasteiger partial charge in [-0.05, 0) is 75.3 Å². The second-order valence-electron chi connectivity index (χ2n) is 14.2. The minimum Gasteiger partial charge on any atom is -0.457 e. The summed E-state index contributed by atoms with van der Waals surface area (Å²) in [4.78, 5) is 12.3. The molecule has 56 heavy (non-hydrogen) atoms. The van der Waals surface area contributed by atoms with Crippen molar-refractivity contribution in [3.63, 3.8) is 0 Å². The number of nitrogens with zero attached hydrogens (tertiary/aromatic N) is 4. The fourth-order valence-electron chi connectivity index (χ4n) is 8.80. The number of para-hydroxylation sites is 3. The minimum atomic E-state index is -3.00. The number of rotatable bonds is 6. The number of fused-ring (bicyclic) bond motifs is 7. The van der Waals surface area contributed by atoms with Crippen molar-refractivity contribution in [2.45, 2.75) is 0 Å². The van der Waals surface area contributed by atoms with Crippen LogP contribution in [0.2, 0.25) is 0 Å². The molecule has 7 aromatic carbocycles. The summed E-state index contributed by atoms with van der Waals surface area (Å²) in [5.41, 5.74) is 6.83. The van der Waals surface area contributed by atoms with Crippen molar-refractivity contribution < 1.29 is 9.15 Å². The molecule has 0 N–H and O–H groups in total. The molecule has 4 heterocycles. The van der Waals surface area contributed by atoms with Crippen LogP contribution in [0, 0.1) is 0 Å². The van der Waals surface area contributed by atoms with Gasteiger partial charge in [0.25, 0.3) is 0 Å². The van der Waals surface area contributed by atoms with E-state index in [2.05, 4.69) is 156 Å². The predicted octanol–water partition coefficient (Wildman–Crippen LogP) is 9.49. The molecule has 0 aliphatic carbocycles. The average Bonchev–Trinajstić information content (AvgIpc) is 3.81. The Bertz CT molecular complexity index is 3050. The van der Waals surface area contributed by atoms with E-state index in [0.717, 1.165) is 73.1 Å². The number of imidazole rings is 1. The smallest absolute Gasteiger partial charge is 0.184 e. The average molecular weight is 739 g/mol. The largest absolute Gasteiger partial charge is 0.457 e. The van der Waals surface area contributed by atoms with Crippen LogP contribution in [0.5, 0.6) is 11.5 Å². The number of pyridine rings is 1. The molecule has 266 valence electrons. The van der Waals surface area contributed by atoms with Crippen LogP contribution in [-0.4, -0.2) is 22.6 Å². The summed E-state index contributed by atoms with van der Waals surface area (Å²) in [5, 5.41) is 7.26. The fourth-order valence-corrected chi connectivity index (χ4v) is 13.9. The van der Waals surface area contributed by atoms with Crippen molar-refractivity contribution in [3.8, 4) is 22.9 Å². The van der Waals surface area contributed by atoms with Crippen LogP contribution >= 0.6 is 0 Å². The molecule has 1 aliphatic heterocycles. The Morgan fingerprint density at radius 3 is 2.09 bits per heavy atom. The van der Waals surface area contributed by atoms with Crippen molar-refractivity contribution in [2.75, 3.05) is 4.90 Å². The van der Waals surface area contributed by atoms with E-state index in [-0.39, 0.29) is 0 Å². The molecule has 0 radical (unpaired) electrons. The van der Waals surface area contributed by atoms with Gasteiger partial charge in [-0.2, -0.15) is 0 Å². The maximum atomic E-state index is 6.83. The van der Waals surface area contributed by atoms with Gasteiger partial charge in [0, 0.05) is 30.3 Å². The minimum absolute atomic E-state index is 0.725. The van der Waals surface area contributed by atoms with Crippen LogP contribution in [0.1, 0.15) is 0 Å². The van der Waals surface area contributed by atoms with Gasteiger partial charge in [0.2, 0.25) is 0 Å². The van der Waals surface area contributed by atoms with E-state index >= 15 is 0 Å². The van der Waals surface area contributed by atoms with Gasteiger partial charge in [-0.3, -0.25) is 4.90 Å². The fraction of sp³-hybridized carbons (Fsp3) is 0.0204. The zero-order valence-corrected chi connectivity index (χ0v) is 31.5. The van der Waals surface area contributed by atoms with E-state index in [0.29, 0.717) is 0 Å². The Kier molecular flexibility index (Phi) is 7.30. The van der Waals surface area contributed by atoms with Gasteiger partial charge >= 0.3 is 0 Å². The Balaban J connectivity index is 1.18. The number of ether oxygens (including phenoxy) is 1. The van der Waals surface area contributed by atoms with E-state index in [1.165, 1.54) is 20.7 Å². The molecule has 6 nitrogen and oxygen atoms in total. The maximum Gasteiger partial charge on any atom is 0.184 e. The highest BCUT2D eigenvalue weighted by atomic mass is 28.3. The second-order valence-corrected chi connectivity index (χ2v) is 18.0. The van der Waals surface area contributed by atoms with Crippen molar-refractivity contribution in [2.24, 2.45) is 7.05 Å². The molecule has 11 rings (SSSR count). The van der Waals surface area contributed by atoms with Gasteiger partial charge in [-0.15, -0.1) is 0 Å². The van der Waals surface area contributed by atoms with Crippen molar-refractivity contribution in [1.29, 1.82) is 0 Å². The van der Waals surface area contributed by atoms with Crippen molar-refractivity contribution in [1.82, 2.24) is 14.5 Å². The zero-order valence-electron chi connectivity index (χ0n) is 30.5. The SMILES string of the molecule is Cn1c(-c2cccc(Oc3ccc4c(c3)N(c3ccccn3)c3c(ccc5oc6ccccc6c35)[Si]4(c3ccccc3)c3ccccc3)c2)nc2ccccc21. The molecular weight excluding hydrogens is 705 g/mol. The number of benzene rings is 7. The van der Waals surface area contributed by atoms with E-state index < -0.39 is 8.07 Å². The highest BCUT2D eigenvalue weighted by Gasteiger charge is 2.50. The van der Waals surface area contributed by atoms with Crippen LogP contribution in [-0.2, 0) is 7.05 Å².